The molecular formula is C23H26N6O2S. The second kappa shape index (κ2) is 10.8. The van der Waals surface area contributed by atoms with Crippen LogP contribution in [0, 0.1) is 0 Å². The molecule has 32 heavy (non-hydrogen) atoms. The standard InChI is InChI=1S/C23H26N6O2S/c30-21(25-11-9-18-6-4-5-10-24-18)16-28-12-14-29(15-13-28)22(31)20-17-32-23(27-20)26-19-7-2-1-3-8-19/h1-8,10,17H,9,11-16H2,(H,25,30)(H,26,27). The van der Waals surface area contributed by atoms with E-state index in [9.17, 15) is 9.59 Å². The Balaban J connectivity index is 1.19. The lowest BCUT2D eigenvalue weighted by molar-refractivity contribution is -0.122. The van der Waals surface area contributed by atoms with E-state index < -0.39 is 0 Å². The number of carbonyl (C=O) groups is 2. The van der Waals surface area contributed by atoms with E-state index in [0.717, 1.165) is 11.4 Å². The number of hydrogen-bond donors (Lipinski definition) is 2. The zero-order chi connectivity index (χ0) is 22.2. The quantitative estimate of drug-likeness (QED) is 0.548. The van der Waals surface area contributed by atoms with Crippen LogP contribution >= 0.6 is 11.3 Å². The zero-order valence-corrected chi connectivity index (χ0v) is 18.6. The van der Waals surface area contributed by atoms with Gasteiger partial charge in [0.2, 0.25) is 5.91 Å². The molecule has 3 aromatic rings. The molecule has 1 aliphatic rings. The molecule has 2 amide bonds. The van der Waals surface area contributed by atoms with Crippen LogP contribution in [0.25, 0.3) is 0 Å². The summed E-state index contributed by atoms with van der Waals surface area (Å²) in [5.74, 6) is -0.0707. The minimum absolute atomic E-state index is 0.00293. The number of nitrogens with one attached hydrogen (secondary N) is 2. The fourth-order valence-corrected chi connectivity index (χ4v) is 4.19. The molecule has 8 nitrogen and oxygen atoms in total. The van der Waals surface area contributed by atoms with Gasteiger partial charge in [0.05, 0.1) is 6.54 Å². The maximum absolute atomic E-state index is 12.8. The number of aromatic nitrogens is 2. The van der Waals surface area contributed by atoms with Crippen molar-refractivity contribution < 1.29 is 9.59 Å². The number of hydrogen-bond acceptors (Lipinski definition) is 7. The zero-order valence-electron chi connectivity index (χ0n) is 17.7. The van der Waals surface area contributed by atoms with Gasteiger partial charge in [0, 0.05) is 62.1 Å². The maximum atomic E-state index is 12.8. The SMILES string of the molecule is O=C(CN1CCN(C(=O)c2csc(Nc3ccccc3)n2)CC1)NCCc1ccccn1. The Morgan fingerprint density at radius 1 is 1.00 bits per heavy atom. The Kier molecular flexibility index (Phi) is 7.42. The van der Waals surface area contributed by atoms with Gasteiger partial charge in [-0.25, -0.2) is 4.98 Å². The number of nitrogens with zero attached hydrogens (tertiary/aromatic N) is 4. The van der Waals surface area contributed by atoms with Gasteiger partial charge in [0.25, 0.3) is 5.91 Å². The number of amides is 2. The van der Waals surface area contributed by atoms with Crippen LogP contribution in [0.4, 0.5) is 10.8 Å². The number of benzene rings is 1. The molecule has 166 valence electrons. The van der Waals surface area contributed by atoms with E-state index in [-0.39, 0.29) is 11.8 Å². The third-order valence-electron chi connectivity index (χ3n) is 5.20. The first-order valence-corrected chi connectivity index (χ1v) is 11.5. The van der Waals surface area contributed by atoms with E-state index >= 15 is 0 Å². The summed E-state index contributed by atoms with van der Waals surface area (Å²) >= 11 is 1.41. The molecule has 9 heteroatoms. The molecule has 3 heterocycles. The van der Waals surface area contributed by atoms with Crippen molar-refractivity contribution in [3.05, 3.63) is 71.5 Å². The molecule has 4 rings (SSSR count). The average molecular weight is 451 g/mol. The third-order valence-corrected chi connectivity index (χ3v) is 5.96. The number of thiazole rings is 1. The number of pyridine rings is 1. The minimum atomic E-state index is -0.0678. The molecule has 1 fully saturated rings. The van der Waals surface area contributed by atoms with Crippen LogP contribution in [0.15, 0.2) is 60.1 Å². The second-order valence-electron chi connectivity index (χ2n) is 7.52. The van der Waals surface area contributed by atoms with Crippen molar-refractivity contribution in [1.29, 1.82) is 0 Å². The van der Waals surface area contributed by atoms with Crippen LogP contribution in [0.5, 0.6) is 0 Å². The molecule has 1 aliphatic heterocycles. The van der Waals surface area contributed by atoms with E-state index in [1.54, 1.807) is 16.5 Å². The van der Waals surface area contributed by atoms with Crippen LogP contribution in [-0.4, -0.2) is 70.9 Å². The van der Waals surface area contributed by atoms with Gasteiger partial charge in [-0.3, -0.25) is 19.5 Å². The van der Waals surface area contributed by atoms with Crippen LogP contribution in [0.3, 0.4) is 0 Å². The number of piperazine rings is 1. The van der Waals surface area contributed by atoms with E-state index in [1.807, 2.05) is 48.5 Å². The van der Waals surface area contributed by atoms with Gasteiger partial charge in [-0.1, -0.05) is 24.3 Å². The van der Waals surface area contributed by atoms with Crippen LogP contribution < -0.4 is 10.6 Å². The average Bonchev–Trinajstić information content (AvgIpc) is 3.29. The van der Waals surface area contributed by atoms with Crippen molar-refractivity contribution in [1.82, 2.24) is 25.1 Å². The predicted molar refractivity (Wildman–Crippen MR) is 125 cm³/mol. The lowest BCUT2D eigenvalue weighted by Crippen LogP contribution is -2.51. The van der Waals surface area contributed by atoms with Gasteiger partial charge >= 0.3 is 0 Å². The van der Waals surface area contributed by atoms with Crippen molar-refractivity contribution in [3.8, 4) is 0 Å². The van der Waals surface area contributed by atoms with Crippen molar-refractivity contribution in [3.63, 3.8) is 0 Å². The van der Waals surface area contributed by atoms with Crippen molar-refractivity contribution >= 4 is 34.0 Å². The highest BCUT2D eigenvalue weighted by Gasteiger charge is 2.24. The van der Waals surface area contributed by atoms with Gasteiger partial charge in [-0.15, -0.1) is 11.3 Å². The number of para-hydroxylation sites is 1. The summed E-state index contributed by atoms with van der Waals surface area (Å²) in [6, 6.07) is 15.5. The normalized spacial score (nSPS) is 14.2. The molecule has 0 radical (unpaired) electrons. The first-order valence-electron chi connectivity index (χ1n) is 10.6. The molecule has 0 saturated carbocycles. The van der Waals surface area contributed by atoms with Crippen LogP contribution in [-0.2, 0) is 11.2 Å². The van der Waals surface area contributed by atoms with Gasteiger partial charge < -0.3 is 15.5 Å². The molecule has 2 N–H and O–H groups in total. The molecule has 0 aliphatic carbocycles. The molecule has 1 saturated heterocycles. The number of anilines is 2. The summed E-state index contributed by atoms with van der Waals surface area (Å²) in [6.45, 7) is 3.40. The summed E-state index contributed by atoms with van der Waals surface area (Å²) in [4.78, 5) is 37.6. The highest BCUT2D eigenvalue weighted by atomic mass is 32.1. The Morgan fingerprint density at radius 3 is 2.53 bits per heavy atom. The van der Waals surface area contributed by atoms with E-state index in [1.165, 1.54) is 11.3 Å². The Bertz CT molecular complexity index is 1020. The van der Waals surface area contributed by atoms with Gasteiger partial charge in [0.1, 0.15) is 5.69 Å². The molecular weight excluding hydrogens is 424 g/mol. The lowest BCUT2D eigenvalue weighted by Gasteiger charge is -2.33. The first-order chi connectivity index (χ1) is 15.7. The smallest absolute Gasteiger partial charge is 0.273 e. The van der Waals surface area contributed by atoms with E-state index in [4.69, 9.17) is 0 Å². The highest BCUT2D eigenvalue weighted by Crippen LogP contribution is 2.21. The van der Waals surface area contributed by atoms with E-state index in [0.29, 0.717) is 56.5 Å². The predicted octanol–water partition coefficient (Wildman–Crippen LogP) is 2.40. The fourth-order valence-electron chi connectivity index (χ4n) is 3.48. The first kappa shape index (κ1) is 21.9. The molecule has 0 spiro atoms. The summed E-state index contributed by atoms with van der Waals surface area (Å²) in [7, 11) is 0. The van der Waals surface area contributed by atoms with Crippen LogP contribution in [0.2, 0.25) is 0 Å². The van der Waals surface area contributed by atoms with Crippen molar-refractivity contribution in [2.75, 3.05) is 44.6 Å². The largest absolute Gasteiger partial charge is 0.355 e. The Hall–Kier alpha value is -3.30. The van der Waals surface area contributed by atoms with Gasteiger partial charge in [-0.2, -0.15) is 0 Å². The summed E-state index contributed by atoms with van der Waals surface area (Å²) in [5, 5.41) is 8.64. The molecule has 0 atom stereocenters. The Morgan fingerprint density at radius 2 is 1.78 bits per heavy atom. The number of carbonyl (C=O) groups excluding carboxylic acids is 2. The number of rotatable bonds is 8. The maximum Gasteiger partial charge on any atom is 0.273 e. The van der Waals surface area contributed by atoms with Crippen LogP contribution in [0.1, 0.15) is 16.2 Å². The molecule has 0 unspecified atom stereocenters. The molecule has 2 aromatic heterocycles. The van der Waals surface area contributed by atoms with Gasteiger partial charge in [0.15, 0.2) is 5.13 Å². The van der Waals surface area contributed by atoms with Crippen molar-refractivity contribution in [2.24, 2.45) is 0 Å². The summed E-state index contributed by atoms with van der Waals surface area (Å²) in [6.07, 6.45) is 2.47. The lowest BCUT2D eigenvalue weighted by atomic mass is 10.2. The van der Waals surface area contributed by atoms with Gasteiger partial charge in [-0.05, 0) is 24.3 Å². The topological polar surface area (TPSA) is 90.5 Å². The fraction of sp³-hybridized carbons (Fsp3) is 0.304. The third kappa shape index (κ3) is 6.12. The summed E-state index contributed by atoms with van der Waals surface area (Å²) in [5.41, 5.74) is 2.35. The monoisotopic (exact) mass is 450 g/mol. The summed E-state index contributed by atoms with van der Waals surface area (Å²) < 4.78 is 0. The second-order valence-corrected chi connectivity index (χ2v) is 8.38. The van der Waals surface area contributed by atoms with E-state index in [2.05, 4.69) is 25.5 Å². The minimum Gasteiger partial charge on any atom is -0.355 e. The van der Waals surface area contributed by atoms with Crippen molar-refractivity contribution in [2.45, 2.75) is 6.42 Å². The molecule has 0 bridgehead atoms. The Labute approximate surface area is 191 Å². The highest BCUT2D eigenvalue weighted by molar-refractivity contribution is 7.14. The molecule has 1 aromatic carbocycles.